The number of benzene rings is 1. The van der Waals surface area contributed by atoms with Gasteiger partial charge in [-0.3, -0.25) is 25.4 Å². The van der Waals surface area contributed by atoms with Crippen LogP contribution in [0.25, 0.3) is 5.69 Å². The van der Waals surface area contributed by atoms with Crippen LogP contribution in [-0.4, -0.2) is 26.6 Å². The summed E-state index contributed by atoms with van der Waals surface area (Å²) >= 11 is 5.76. The van der Waals surface area contributed by atoms with Gasteiger partial charge in [-0.2, -0.15) is 5.10 Å². The highest BCUT2D eigenvalue weighted by Crippen LogP contribution is 2.09. The fourth-order valence-corrected chi connectivity index (χ4v) is 2.06. The second-order valence-corrected chi connectivity index (χ2v) is 5.24. The maximum atomic E-state index is 12.1. The van der Waals surface area contributed by atoms with Gasteiger partial charge in [0.25, 0.3) is 11.8 Å². The summed E-state index contributed by atoms with van der Waals surface area (Å²) in [6.45, 7) is 0. The Labute approximate surface area is 142 Å². The van der Waals surface area contributed by atoms with Crippen molar-refractivity contribution >= 4 is 23.4 Å². The minimum Gasteiger partial charge on any atom is -0.267 e. The normalized spacial score (nSPS) is 10.2. The lowest BCUT2D eigenvalue weighted by Crippen LogP contribution is -2.41. The summed E-state index contributed by atoms with van der Waals surface area (Å²) < 4.78 is 1.52. The molecule has 0 radical (unpaired) electrons. The number of hydrogen-bond donors (Lipinski definition) is 2. The maximum absolute atomic E-state index is 12.1. The molecule has 24 heavy (non-hydrogen) atoms. The number of amides is 2. The van der Waals surface area contributed by atoms with Gasteiger partial charge in [-0.25, -0.2) is 4.68 Å². The number of rotatable bonds is 3. The van der Waals surface area contributed by atoms with E-state index in [9.17, 15) is 9.59 Å². The molecule has 2 heterocycles. The Balaban J connectivity index is 1.62. The molecule has 0 spiro atoms. The van der Waals surface area contributed by atoms with Crippen molar-refractivity contribution in [3.63, 3.8) is 0 Å². The molecule has 1 aromatic carbocycles. The number of hydrogen-bond acceptors (Lipinski definition) is 4. The first-order valence-electron chi connectivity index (χ1n) is 6.95. The van der Waals surface area contributed by atoms with E-state index in [2.05, 4.69) is 20.9 Å². The SMILES string of the molecule is O=C(NNC(=O)c1cnn(-c2cccnc2)c1)c1ccc(Cl)cc1. The lowest BCUT2D eigenvalue weighted by Gasteiger charge is -2.06. The van der Waals surface area contributed by atoms with Crippen molar-refractivity contribution in [2.45, 2.75) is 0 Å². The van der Waals surface area contributed by atoms with Crippen molar-refractivity contribution < 1.29 is 9.59 Å². The number of aromatic nitrogens is 3. The Hall–Kier alpha value is -3.19. The van der Waals surface area contributed by atoms with Crippen molar-refractivity contribution in [2.24, 2.45) is 0 Å². The quantitative estimate of drug-likeness (QED) is 0.713. The molecule has 0 fully saturated rings. The Morgan fingerprint density at radius 3 is 2.33 bits per heavy atom. The maximum Gasteiger partial charge on any atom is 0.272 e. The zero-order chi connectivity index (χ0) is 16.9. The van der Waals surface area contributed by atoms with Gasteiger partial charge in [0.1, 0.15) is 0 Å². The van der Waals surface area contributed by atoms with Crippen molar-refractivity contribution in [1.82, 2.24) is 25.6 Å². The zero-order valence-corrected chi connectivity index (χ0v) is 13.1. The van der Waals surface area contributed by atoms with Gasteiger partial charge in [0.2, 0.25) is 0 Å². The third kappa shape index (κ3) is 3.58. The van der Waals surface area contributed by atoms with Crippen LogP contribution < -0.4 is 10.9 Å². The second-order valence-electron chi connectivity index (χ2n) is 4.80. The molecule has 2 N–H and O–H groups in total. The first-order valence-corrected chi connectivity index (χ1v) is 7.32. The van der Waals surface area contributed by atoms with E-state index in [-0.39, 0.29) is 0 Å². The molecule has 3 rings (SSSR count). The molecule has 7 nitrogen and oxygen atoms in total. The molecule has 0 saturated carbocycles. The van der Waals surface area contributed by atoms with E-state index in [1.807, 2.05) is 6.07 Å². The van der Waals surface area contributed by atoms with Crippen LogP contribution in [-0.2, 0) is 0 Å². The smallest absolute Gasteiger partial charge is 0.267 e. The minimum absolute atomic E-state index is 0.301. The van der Waals surface area contributed by atoms with Crippen LogP contribution in [0, 0.1) is 0 Å². The average molecular weight is 342 g/mol. The number of nitrogens with one attached hydrogen (secondary N) is 2. The highest BCUT2D eigenvalue weighted by Gasteiger charge is 2.11. The highest BCUT2D eigenvalue weighted by atomic mass is 35.5. The molecular weight excluding hydrogens is 330 g/mol. The van der Waals surface area contributed by atoms with Crippen LogP contribution in [0.1, 0.15) is 20.7 Å². The van der Waals surface area contributed by atoms with Crippen LogP contribution >= 0.6 is 11.6 Å². The fourth-order valence-electron chi connectivity index (χ4n) is 1.93. The fraction of sp³-hybridized carbons (Fsp3) is 0. The Morgan fingerprint density at radius 2 is 1.67 bits per heavy atom. The van der Waals surface area contributed by atoms with Gasteiger partial charge in [0, 0.05) is 23.0 Å². The first-order chi connectivity index (χ1) is 11.6. The van der Waals surface area contributed by atoms with Gasteiger partial charge in [-0.15, -0.1) is 0 Å². The second kappa shape index (κ2) is 6.93. The molecule has 2 amide bonds. The summed E-state index contributed by atoms with van der Waals surface area (Å²) in [5.41, 5.74) is 6.08. The number of pyridine rings is 1. The summed E-state index contributed by atoms with van der Waals surface area (Å²) in [7, 11) is 0. The van der Waals surface area contributed by atoms with E-state index in [0.717, 1.165) is 5.69 Å². The molecule has 8 heteroatoms. The monoisotopic (exact) mass is 341 g/mol. The molecule has 0 aliphatic heterocycles. The van der Waals surface area contributed by atoms with E-state index in [0.29, 0.717) is 16.1 Å². The third-order valence-electron chi connectivity index (χ3n) is 3.15. The average Bonchev–Trinajstić information content (AvgIpc) is 3.11. The predicted octanol–water partition coefficient (Wildman–Crippen LogP) is 2.00. The lowest BCUT2D eigenvalue weighted by atomic mass is 10.2. The molecule has 0 aliphatic carbocycles. The molecule has 0 bridgehead atoms. The van der Waals surface area contributed by atoms with Crippen LogP contribution in [0.3, 0.4) is 0 Å². The van der Waals surface area contributed by atoms with Crippen LogP contribution in [0.2, 0.25) is 5.02 Å². The zero-order valence-electron chi connectivity index (χ0n) is 12.3. The summed E-state index contributed by atoms with van der Waals surface area (Å²) in [6, 6.07) is 9.88. The van der Waals surface area contributed by atoms with Gasteiger partial charge in [-0.05, 0) is 36.4 Å². The summed E-state index contributed by atoms with van der Waals surface area (Å²) in [5.74, 6) is -0.924. The van der Waals surface area contributed by atoms with Crippen molar-refractivity contribution in [1.29, 1.82) is 0 Å². The number of hydrazine groups is 1. The highest BCUT2D eigenvalue weighted by molar-refractivity contribution is 6.30. The van der Waals surface area contributed by atoms with Crippen molar-refractivity contribution in [3.8, 4) is 5.69 Å². The molecule has 0 saturated heterocycles. The summed E-state index contributed by atoms with van der Waals surface area (Å²) in [6.07, 6.45) is 6.21. The van der Waals surface area contributed by atoms with E-state index in [1.54, 1.807) is 48.9 Å². The van der Waals surface area contributed by atoms with Gasteiger partial charge in [0.05, 0.1) is 23.6 Å². The van der Waals surface area contributed by atoms with Crippen LogP contribution in [0.5, 0.6) is 0 Å². The van der Waals surface area contributed by atoms with Gasteiger partial charge < -0.3 is 0 Å². The summed E-state index contributed by atoms with van der Waals surface area (Å²) in [5, 5.41) is 4.62. The van der Waals surface area contributed by atoms with Crippen LogP contribution in [0.4, 0.5) is 0 Å². The minimum atomic E-state index is -0.479. The predicted molar refractivity (Wildman–Crippen MR) is 87.7 cm³/mol. The van der Waals surface area contributed by atoms with E-state index in [1.165, 1.54) is 10.9 Å². The van der Waals surface area contributed by atoms with Gasteiger partial charge in [-0.1, -0.05) is 11.6 Å². The standard InChI is InChI=1S/C16H12ClN5O2/c17-13-5-3-11(4-6-13)15(23)20-21-16(24)12-8-19-22(10-12)14-2-1-7-18-9-14/h1-10H,(H,20,23)(H,21,24). The van der Waals surface area contributed by atoms with Crippen molar-refractivity contribution in [3.05, 3.63) is 77.3 Å². The van der Waals surface area contributed by atoms with Crippen molar-refractivity contribution in [2.75, 3.05) is 0 Å². The Kier molecular flexibility index (Phi) is 4.53. The Bertz CT molecular complexity index is 862. The number of carbonyl (C=O) groups is 2. The van der Waals surface area contributed by atoms with E-state index < -0.39 is 11.8 Å². The van der Waals surface area contributed by atoms with Gasteiger partial charge in [0.15, 0.2) is 0 Å². The number of nitrogens with zero attached hydrogens (tertiary/aromatic N) is 3. The Morgan fingerprint density at radius 1 is 0.958 bits per heavy atom. The lowest BCUT2D eigenvalue weighted by molar-refractivity contribution is 0.0846. The van der Waals surface area contributed by atoms with Gasteiger partial charge >= 0.3 is 0 Å². The first kappa shape index (κ1) is 15.7. The van der Waals surface area contributed by atoms with E-state index >= 15 is 0 Å². The largest absolute Gasteiger partial charge is 0.272 e. The number of halogens is 1. The molecule has 3 aromatic rings. The molecule has 0 aliphatic rings. The molecule has 120 valence electrons. The molecule has 2 aromatic heterocycles. The topological polar surface area (TPSA) is 88.9 Å². The molecule has 0 atom stereocenters. The van der Waals surface area contributed by atoms with Crippen LogP contribution in [0.15, 0.2) is 61.2 Å². The number of carbonyl (C=O) groups excluding carboxylic acids is 2. The molecule has 0 unspecified atom stereocenters. The summed E-state index contributed by atoms with van der Waals surface area (Å²) in [4.78, 5) is 28.0. The van der Waals surface area contributed by atoms with E-state index in [4.69, 9.17) is 11.6 Å². The third-order valence-corrected chi connectivity index (χ3v) is 3.40. The molecular formula is C16H12ClN5O2.